The van der Waals surface area contributed by atoms with Crippen molar-refractivity contribution in [3.05, 3.63) is 23.4 Å². The van der Waals surface area contributed by atoms with Crippen molar-refractivity contribution in [3.63, 3.8) is 0 Å². The third kappa shape index (κ3) is 5.80. The summed E-state index contributed by atoms with van der Waals surface area (Å²) in [5.41, 5.74) is 7.99. The van der Waals surface area contributed by atoms with E-state index in [0.717, 1.165) is 50.3 Å². The minimum atomic E-state index is -0.925. The second-order valence-electron chi connectivity index (χ2n) is 6.33. The monoisotopic (exact) mass is 320 g/mol. The number of nitrogens with two attached hydrogens (primary N) is 1. The first-order valence-corrected chi connectivity index (χ1v) is 8.46. The van der Waals surface area contributed by atoms with Crippen LogP contribution in [0.3, 0.4) is 0 Å². The van der Waals surface area contributed by atoms with Crippen LogP contribution in [0.25, 0.3) is 0 Å². The van der Waals surface area contributed by atoms with Gasteiger partial charge in [0.05, 0.1) is 0 Å². The molecule has 0 amide bonds. The third-order valence-corrected chi connectivity index (χ3v) is 4.31. The summed E-state index contributed by atoms with van der Waals surface area (Å²) in [6.07, 6.45) is 5.94. The molecule has 0 saturated heterocycles. The molecule has 0 radical (unpaired) electrons. The fraction of sp³-hybridized carbons (Fsp3) is 0.647. The van der Waals surface area contributed by atoms with E-state index in [-0.39, 0.29) is 0 Å². The van der Waals surface area contributed by atoms with Gasteiger partial charge in [0.25, 0.3) is 0 Å². The minimum Gasteiger partial charge on any atom is -0.480 e. The van der Waals surface area contributed by atoms with Crippen LogP contribution in [0.4, 0.5) is 5.82 Å². The van der Waals surface area contributed by atoms with E-state index in [2.05, 4.69) is 22.3 Å². The van der Waals surface area contributed by atoms with Crippen LogP contribution in [0.15, 0.2) is 12.1 Å². The Labute approximate surface area is 138 Å². The van der Waals surface area contributed by atoms with E-state index in [1.165, 1.54) is 12.0 Å². The highest BCUT2D eigenvalue weighted by atomic mass is 16.4. The molecule has 6 nitrogen and oxygen atoms in total. The molecule has 4 N–H and O–H groups in total. The van der Waals surface area contributed by atoms with Crippen LogP contribution in [0, 0.1) is 0 Å². The number of anilines is 1. The Bertz CT molecular complexity index is 521. The van der Waals surface area contributed by atoms with Crippen molar-refractivity contribution in [3.8, 4) is 0 Å². The van der Waals surface area contributed by atoms with Crippen molar-refractivity contribution in [1.82, 2.24) is 9.88 Å². The molecular formula is C17H28N4O2. The summed E-state index contributed by atoms with van der Waals surface area (Å²) in [4.78, 5) is 17.5. The maximum atomic E-state index is 10.7. The summed E-state index contributed by atoms with van der Waals surface area (Å²) in [6.45, 7) is 2.69. The van der Waals surface area contributed by atoms with Crippen molar-refractivity contribution in [2.45, 2.75) is 44.6 Å². The summed E-state index contributed by atoms with van der Waals surface area (Å²) in [7, 11) is 2.01. The lowest BCUT2D eigenvalue weighted by Crippen LogP contribution is -2.34. The molecule has 2 rings (SSSR count). The maximum Gasteiger partial charge on any atom is 0.320 e. The summed E-state index contributed by atoms with van der Waals surface area (Å²) < 4.78 is 0. The van der Waals surface area contributed by atoms with Crippen molar-refractivity contribution < 1.29 is 9.90 Å². The Hall–Kier alpha value is -1.66. The molecule has 0 aliphatic carbocycles. The number of carboxylic acids is 1. The SMILES string of the molecule is CN(CCCCc1ccc2c(n1)NCCC2)CC[C@H](N)C(=O)O. The van der Waals surface area contributed by atoms with E-state index < -0.39 is 12.0 Å². The van der Waals surface area contributed by atoms with Gasteiger partial charge in [-0.3, -0.25) is 4.79 Å². The van der Waals surface area contributed by atoms with Crippen LogP contribution in [0.2, 0.25) is 0 Å². The summed E-state index contributed by atoms with van der Waals surface area (Å²) in [6, 6.07) is 3.58. The predicted octanol–water partition coefficient (Wildman–Crippen LogP) is 1.50. The maximum absolute atomic E-state index is 10.7. The molecule has 0 bridgehead atoms. The highest BCUT2D eigenvalue weighted by Crippen LogP contribution is 2.20. The molecule has 0 saturated carbocycles. The average Bonchev–Trinajstić information content (AvgIpc) is 2.56. The summed E-state index contributed by atoms with van der Waals surface area (Å²) in [5.74, 6) is 0.138. The molecule has 2 heterocycles. The van der Waals surface area contributed by atoms with Gasteiger partial charge >= 0.3 is 5.97 Å². The number of unbranched alkanes of at least 4 members (excludes halogenated alkanes) is 1. The van der Waals surface area contributed by atoms with Gasteiger partial charge in [0.1, 0.15) is 11.9 Å². The number of nitrogens with one attached hydrogen (secondary N) is 1. The molecule has 0 fully saturated rings. The molecule has 1 aromatic heterocycles. The van der Waals surface area contributed by atoms with Crippen LogP contribution in [-0.4, -0.2) is 53.7 Å². The number of pyridine rings is 1. The largest absolute Gasteiger partial charge is 0.480 e. The Morgan fingerprint density at radius 3 is 3.04 bits per heavy atom. The molecular weight excluding hydrogens is 292 g/mol. The second kappa shape index (κ2) is 8.84. The lowest BCUT2D eigenvalue weighted by atomic mass is 10.1. The number of rotatable bonds is 9. The highest BCUT2D eigenvalue weighted by Gasteiger charge is 2.12. The quantitative estimate of drug-likeness (QED) is 0.597. The van der Waals surface area contributed by atoms with Gasteiger partial charge in [0, 0.05) is 12.2 Å². The molecule has 1 atom stereocenters. The van der Waals surface area contributed by atoms with Crippen LogP contribution in [0.5, 0.6) is 0 Å². The zero-order valence-electron chi connectivity index (χ0n) is 13.9. The van der Waals surface area contributed by atoms with Gasteiger partial charge in [-0.05, 0) is 70.3 Å². The number of fused-ring (bicyclic) bond motifs is 1. The molecule has 1 aromatic rings. The van der Waals surface area contributed by atoms with Gasteiger partial charge in [0.15, 0.2) is 0 Å². The lowest BCUT2D eigenvalue weighted by molar-refractivity contribution is -0.138. The van der Waals surface area contributed by atoms with E-state index in [4.69, 9.17) is 15.8 Å². The van der Waals surface area contributed by atoms with Crippen LogP contribution < -0.4 is 11.1 Å². The molecule has 0 aromatic carbocycles. The first-order chi connectivity index (χ1) is 11.1. The zero-order chi connectivity index (χ0) is 16.7. The minimum absolute atomic E-state index is 0.490. The van der Waals surface area contributed by atoms with Gasteiger partial charge in [-0.2, -0.15) is 0 Å². The van der Waals surface area contributed by atoms with Crippen molar-refractivity contribution >= 4 is 11.8 Å². The topological polar surface area (TPSA) is 91.5 Å². The van der Waals surface area contributed by atoms with Gasteiger partial charge in [-0.25, -0.2) is 4.98 Å². The standard InChI is InChI=1S/C17H28N4O2/c1-21(12-9-15(18)17(22)23)11-3-2-6-14-8-7-13-5-4-10-19-16(13)20-14/h7-8,15H,2-6,9-12,18H2,1H3,(H,19,20)(H,22,23)/t15-/m0/s1. The van der Waals surface area contributed by atoms with Crippen molar-refractivity contribution in [1.29, 1.82) is 0 Å². The number of nitrogens with zero attached hydrogens (tertiary/aromatic N) is 2. The number of aromatic nitrogens is 1. The first kappa shape index (κ1) is 17.7. The van der Waals surface area contributed by atoms with Gasteiger partial charge in [0.2, 0.25) is 0 Å². The predicted molar refractivity (Wildman–Crippen MR) is 91.7 cm³/mol. The Balaban J connectivity index is 1.64. The van der Waals surface area contributed by atoms with E-state index in [9.17, 15) is 4.79 Å². The number of hydrogen-bond donors (Lipinski definition) is 3. The number of aryl methyl sites for hydroxylation is 2. The molecule has 128 valence electrons. The molecule has 0 unspecified atom stereocenters. The van der Waals surface area contributed by atoms with Crippen LogP contribution >= 0.6 is 0 Å². The van der Waals surface area contributed by atoms with E-state index in [1.54, 1.807) is 0 Å². The van der Waals surface area contributed by atoms with Crippen molar-refractivity contribution in [2.75, 3.05) is 32.0 Å². The average molecular weight is 320 g/mol. The van der Waals surface area contributed by atoms with Crippen molar-refractivity contribution in [2.24, 2.45) is 5.73 Å². The Morgan fingerprint density at radius 1 is 1.43 bits per heavy atom. The lowest BCUT2D eigenvalue weighted by Gasteiger charge is -2.18. The second-order valence-corrected chi connectivity index (χ2v) is 6.33. The third-order valence-electron chi connectivity index (χ3n) is 4.31. The molecule has 23 heavy (non-hydrogen) atoms. The number of carboxylic acid groups (broad SMARTS) is 1. The number of carbonyl (C=O) groups is 1. The molecule has 0 spiro atoms. The zero-order valence-corrected chi connectivity index (χ0v) is 13.9. The smallest absolute Gasteiger partial charge is 0.320 e. The molecule has 1 aliphatic rings. The van der Waals surface area contributed by atoms with E-state index >= 15 is 0 Å². The Morgan fingerprint density at radius 2 is 2.26 bits per heavy atom. The van der Waals surface area contributed by atoms with Gasteiger partial charge < -0.3 is 21.1 Å². The summed E-state index contributed by atoms with van der Waals surface area (Å²) in [5, 5.41) is 12.1. The first-order valence-electron chi connectivity index (χ1n) is 8.46. The summed E-state index contributed by atoms with van der Waals surface area (Å²) >= 11 is 0. The van der Waals surface area contributed by atoms with E-state index in [0.29, 0.717) is 13.0 Å². The normalized spacial score (nSPS) is 15.1. The Kier molecular flexibility index (Phi) is 6.80. The highest BCUT2D eigenvalue weighted by molar-refractivity contribution is 5.72. The van der Waals surface area contributed by atoms with Gasteiger partial charge in [-0.15, -0.1) is 0 Å². The van der Waals surface area contributed by atoms with Gasteiger partial charge in [-0.1, -0.05) is 6.07 Å². The van der Waals surface area contributed by atoms with E-state index in [1.807, 2.05) is 7.05 Å². The number of aliphatic carboxylic acids is 1. The fourth-order valence-electron chi connectivity index (χ4n) is 2.79. The van der Waals surface area contributed by atoms with Crippen LogP contribution in [-0.2, 0) is 17.6 Å². The molecule has 6 heteroatoms. The number of hydrogen-bond acceptors (Lipinski definition) is 5. The fourth-order valence-corrected chi connectivity index (χ4v) is 2.79. The molecule has 1 aliphatic heterocycles. The van der Waals surface area contributed by atoms with Crippen LogP contribution in [0.1, 0.15) is 36.9 Å².